The van der Waals surface area contributed by atoms with Crippen LogP contribution in [-0.4, -0.2) is 22.6 Å². The van der Waals surface area contributed by atoms with E-state index in [9.17, 15) is 8.42 Å². The predicted molar refractivity (Wildman–Crippen MR) is 106 cm³/mol. The second-order valence-corrected chi connectivity index (χ2v) is 8.55. The molecule has 2 aromatic carbocycles. The summed E-state index contributed by atoms with van der Waals surface area (Å²) in [4.78, 5) is 0.163. The fourth-order valence-electron chi connectivity index (χ4n) is 3.60. The van der Waals surface area contributed by atoms with Gasteiger partial charge < -0.3 is 9.47 Å². The van der Waals surface area contributed by atoms with Crippen molar-refractivity contribution < 1.29 is 17.9 Å². The highest BCUT2D eigenvalue weighted by Gasteiger charge is 2.23. The highest BCUT2D eigenvalue weighted by Crippen LogP contribution is 2.31. The summed E-state index contributed by atoms with van der Waals surface area (Å²) < 4.78 is 39.1. The number of rotatable bonds is 7. The van der Waals surface area contributed by atoms with Crippen molar-refractivity contribution in [2.75, 3.05) is 14.2 Å². The predicted octanol–water partition coefficient (Wildman–Crippen LogP) is 4.01. The van der Waals surface area contributed by atoms with Crippen molar-refractivity contribution in [3.05, 3.63) is 53.1 Å². The molecule has 0 amide bonds. The summed E-state index contributed by atoms with van der Waals surface area (Å²) in [6.07, 6.45) is 5.29. The molecule has 0 spiro atoms. The minimum Gasteiger partial charge on any atom is -0.493 e. The van der Waals surface area contributed by atoms with Crippen LogP contribution >= 0.6 is 0 Å². The average molecular weight is 390 g/mol. The Morgan fingerprint density at radius 3 is 2.33 bits per heavy atom. The summed E-state index contributed by atoms with van der Waals surface area (Å²) in [5.41, 5.74) is 3.76. The molecule has 0 fully saturated rings. The molecule has 0 bridgehead atoms. The molecule has 0 saturated heterocycles. The van der Waals surface area contributed by atoms with Gasteiger partial charge in [0.25, 0.3) is 0 Å². The second kappa shape index (κ2) is 8.31. The molecule has 146 valence electrons. The van der Waals surface area contributed by atoms with Crippen LogP contribution in [0.15, 0.2) is 41.3 Å². The van der Waals surface area contributed by atoms with E-state index < -0.39 is 10.0 Å². The number of nitrogens with one attached hydrogen (secondary N) is 1. The lowest BCUT2D eigenvalue weighted by molar-refractivity contribution is 0.354. The first kappa shape index (κ1) is 19.7. The van der Waals surface area contributed by atoms with Crippen molar-refractivity contribution >= 4 is 10.0 Å². The number of ether oxygens (including phenoxy) is 2. The number of aryl methyl sites for hydroxylation is 2. The maximum Gasteiger partial charge on any atom is 0.241 e. The summed E-state index contributed by atoms with van der Waals surface area (Å²) in [6.45, 7) is 1.99. The van der Waals surface area contributed by atoms with Crippen LogP contribution < -0.4 is 14.2 Å². The Balaban J connectivity index is 1.87. The lowest BCUT2D eigenvalue weighted by atomic mass is 9.89. The van der Waals surface area contributed by atoms with Gasteiger partial charge in [-0.2, -0.15) is 0 Å². The molecule has 0 aromatic heterocycles. The number of hydrogen-bond acceptors (Lipinski definition) is 4. The van der Waals surface area contributed by atoms with E-state index >= 15 is 0 Å². The largest absolute Gasteiger partial charge is 0.493 e. The van der Waals surface area contributed by atoms with Crippen LogP contribution in [0.3, 0.4) is 0 Å². The molecular formula is C21H27NO4S. The zero-order valence-electron chi connectivity index (χ0n) is 16.1. The smallest absolute Gasteiger partial charge is 0.241 e. The van der Waals surface area contributed by atoms with E-state index in [0.717, 1.165) is 18.4 Å². The molecule has 0 heterocycles. The Bertz CT molecular complexity index is 908. The summed E-state index contributed by atoms with van der Waals surface area (Å²) >= 11 is 0. The normalized spacial score (nSPS) is 15.1. The fraction of sp³-hybridized carbons (Fsp3) is 0.429. The molecule has 1 aliphatic rings. The Morgan fingerprint density at radius 1 is 0.963 bits per heavy atom. The molecule has 0 aliphatic heterocycles. The van der Waals surface area contributed by atoms with Gasteiger partial charge in [0.2, 0.25) is 10.0 Å². The van der Waals surface area contributed by atoms with Crippen LogP contribution in [0.5, 0.6) is 11.5 Å². The molecule has 1 atom stereocenters. The summed E-state index contributed by atoms with van der Waals surface area (Å²) in [7, 11) is -0.673. The van der Waals surface area contributed by atoms with Crippen molar-refractivity contribution in [2.45, 2.75) is 50.0 Å². The third-order valence-corrected chi connectivity index (χ3v) is 6.62. The number of sulfonamides is 1. The number of methoxy groups -OCH3 is 2. The third kappa shape index (κ3) is 4.28. The summed E-state index contributed by atoms with van der Waals surface area (Å²) in [5.74, 6) is 0.889. The van der Waals surface area contributed by atoms with E-state index in [0.29, 0.717) is 17.9 Å². The molecule has 27 heavy (non-hydrogen) atoms. The maximum atomic E-state index is 12.9. The van der Waals surface area contributed by atoms with Gasteiger partial charge in [-0.25, -0.2) is 13.1 Å². The van der Waals surface area contributed by atoms with Crippen molar-refractivity contribution in [1.29, 1.82) is 0 Å². The zero-order chi connectivity index (χ0) is 19.4. The number of hydrogen-bond donors (Lipinski definition) is 1. The second-order valence-electron chi connectivity index (χ2n) is 6.83. The van der Waals surface area contributed by atoms with Gasteiger partial charge in [0, 0.05) is 12.1 Å². The Morgan fingerprint density at radius 2 is 1.67 bits per heavy atom. The van der Waals surface area contributed by atoms with Crippen LogP contribution in [-0.2, 0) is 22.9 Å². The molecule has 1 aliphatic carbocycles. The van der Waals surface area contributed by atoms with Crippen molar-refractivity contribution in [3.8, 4) is 11.5 Å². The van der Waals surface area contributed by atoms with Gasteiger partial charge in [-0.3, -0.25) is 0 Å². The quantitative estimate of drug-likeness (QED) is 0.777. The summed E-state index contributed by atoms with van der Waals surface area (Å²) in [6, 6.07) is 10.7. The van der Waals surface area contributed by atoms with Crippen LogP contribution in [0, 0.1) is 0 Å². The van der Waals surface area contributed by atoms with Crippen LogP contribution in [0.2, 0.25) is 0 Å². The topological polar surface area (TPSA) is 64.6 Å². The molecule has 0 radical (unpaired) electrons. The molecular weight excluding hydrogens is 362 g/mol. The maximum absolute atomic E-state index is 12.9. The van der Waals surface area contributed by atoms with E-state index in [1.165, 1.54) is 50.3 Å². The van der Waals surface area contributed by atoms with E-state index in [4.69, 9.17) is 9.47 Å². The first-order valence-electron chi connectivity index (χ1n) is 9.34. The van der Waals surface area contributed by atoms with Crippen LogP contribution in [0.1, 0.15) is 48.9 Å². The number of benzene rings is 2. The first-order chi connectivity index (χ1) is 13.0. The monoisotopic (exact) mass is 389 g/mol. The highest BCUT2D eigenvalue weighted by molar-refractivity contribution is 7.89. The highest BCUT2D eigenvalue weighted by atomic mass is 32.2. The standard InChI is InChI=1S/C21H27NO4S/c1-4-19(17-10-9-15-7-5-6-8-16(15)13-17)22-27(23,24)18-11-12-20(25-2)21(14-18)26-3/h9-14,19,22H,4-8H2,1-3H3. The zero-order valence-corrected chi connectivity index (χ0v) is 16.9. The van der Waals surface area contributed by atoms with E-state index in [-0.39, 0.29) is 10.9 Å². The van der Waals surface area contributed by atoms with Gasteiger partial charge in [-0.15, -0.1) is 0 Å². The van der Waals surface area contributed by atoms with Gasteiger partial charge in [0.05, 0.1) is 19.1 Å². The molecule has 1 unspecified atom stereocenters. The van der Waals surface area contributed by atoms with Crippen LogP contribution in [0.25, 0.3) is 0 Å². The van der Waals surface area contributed by atoms with E-state index in [1.54, 1.807) is 6.07 Å². The first-order valence-corrected chi connectivity index (χ1v) is 10.8. The third-order valence-electron chi connectivity index (χ3n) is 5.15. The van der Waals surface area contributed by atoms with E-state index in [1.807, 2.05) is 6.92 Å². The lowest BCUT2D eigenvalue weighted by Crippen LogP contribution is -2.28. The minimum atomic E-state index is -3.68. The fourth-order valence-corrected chi connectivity index (χ4v) is 4.92. The Labute approximate surface area is 161 Å². The van der Waals surface area contributed by atoms with Crippen molar-refractivity contribution in [3.63, 3.8) is 0 Å². The van der Waals surface area contributed by atoms with E-state index in [2.05, 4.69) is 22.9 Å². The Hall–Kier alpha value is -2.05. The molecule has 0 saturated carbocycles. The molecule has 6 heteroatoms. The molecule has 1 N–H and O–H groups in total. The van der Waals surface area contributed by atoms with Gasteiger partial charge >= 0.3 is 0 Å². The van der Waals surface area contributed by atoms with Gasteiger partial charge in [0.15, 0.2) is 11.5 Å². The van der Waals surface area contributed by atoms with Crippen molar-refractivity contribution in [2.24, 2.45) is 0 Å². The minimum absolute atomic E-state index is 0.163. The molecule has 2 aromatic rings. The SMILES string of the molecule is CCC(NS(=O)(=O)c1ccc(OC)c(OC)c1)c1ccc2c(c1)CCCC2. The van der Waals surface area contributed by atoms with Gasteiger partial charge in [-0.05, 0) is 60.9 Å². The molecule has 3 rings (SSSR count). The van der Waals surface area contributed by atoms with Crippen LogP contribution in [0.4, 0.5) is 0 Å². The number of fused-ring (bicyclic) bond motifs is 1. The van der Waals surface area contributed by atoms with Gasteiger partial charge in [-0.1, -0.05) is 25.1 Å². The Kier molecular flexibility index (Phi) is 6.07. The van der Waals surface area contributed by atoms with Gasteiger partial charge in [0.1, 0.15) is 0 Å². The summed E-state index contributed by atoms with van der Waals surface area (Å²) in [5, 5.41) is 0. The lowest BCUT2D eigenvalue weighted by Gasteiger charge is -2.22. The van der Waals surface area contributed by atoms with Crippen molar-refractivity contribution in [1.82, 2.24) is 4.72 Å². The average Bonchev–Trinajstić information content (AvgIpc) is 2.71. The molecule has 5 nitrogen and oxygen atoms in total.